The van der Waals surface area contributed by atoms with Gasteiger partial charge in [-0.2, -0.15) is 0 Å². The molecule has 0 saturated carbocycles. The van der Waals surface area contributed by atoms with Gasteiger partial charge in [-0.25, -0.2) is 9.59 Å². The normalized spacial score (nSPS) is 16.6. The lowest BCUT2D eigenvalue weighted by Gasteiger charge is -2.23. The zero-order valence-corrected chi connectivity index (χ0v) is 19.8. The molecule has 1 saturated heterocycles. The number of rotatable bonds is 10. The minimum atomic E-state index is -0.804. The van der Waals surface area contributed by atoms with Crippen molar-refractivity contribution < 1.29 is 28.7 Å². The largest absolute Gasteiger partial charge is 0.466 e. The van der Waals surface area contributed by atoms with E-state index >= 15 is 0 Å². The molecule has 32 heavy (non-hydrogen) atoms. The summed E-state index contributed by atoms with van der Waals surface area (Å²) in [6.45, 7) is 4.15. The van der Waals surface area contributed by atoms with Crippen LogP contribution in [0, 0.1) is 5.92 Å². The molecule has 2 rings (SSSR count). The van der Waals surface area contributed by atoms with Crippen molar-refractivity contribution in [2.45, 2.75) is 32.7 Å². The van der Waals surface area contributed by atoms with Crippen LogP contribution in [0.5, 0.6) is 0 Å². The zero-order valence-electron chi connectivity index (χ0n) is 18.3. The molecule has 0 spiro atoms. The summed E-state index contributed by atoms with van der Waals surface area (Å²) in [5.74, 6) is -1.47. The number of methoxy groups -OCH3 is 1. The lowest BCUT2D eigenvalue weighted by atomic mass is 9.99. The van der Waals surface area contributed by atoms with Crippen LogP contribution in [0.4, 0.5) is 0 Å². The SMILES string of the molecule is CC[C@H](C)[C@H](NC(=O)c1ccc(Cl)cc1)C(=O)OCCCN1C(=O)CS/C1=C\C(=O)OC. The molecule has 0 bridgehead atoms. The van der Waals surface area contributed by atoms with Gasteiger partial charge in [0.1, 0.15) is 6.04 Å². The number of nitrogens with zero attached hydrogens (tertiary/aromatic N) is 1. The van der Waals surface area contributed by atoms with E-state index in [1.165, 1.54) is 29.8 Å². The highest BCUT2D eigenvalue weighted by Crippen LogP contribution is 2.28. The first kappa shape index (κ1) is 25.7. The molecule has 1 aliphatic rings. The van der Waals surface area contributed by atoms with Gasteiger partial charge in [0.15, 0.2) is 0 Å². The third kappa shape index (κ3) is 7.27. The van der Waals surface area contributed by atoms with E-state index in [-0.39, 0.29) is 30.1 Å². The smallest absolute Gasteiger partial charge is 0.333 e. The molecule has 0 unspecified atom stereocenters. The van der Waals surface area contributed by atoms with E-state index in [4.69, 9.17) is 16.3 Å². The molecule has 1 heterocycles. The van der Waals surface area contributed by atoms with Crippen molar-refractivity contribution in [2.24, 2.45) is 5.92 Å². The van der Waals surface area contributed by atoms with Crippen LogP contribution < -0.4 is 5.32 Å². The first-order chi connectivity index (χ1) is 15.3. The van der Waals surface area contributed by atoms with Crippen molar-refractivity contribution in [3.8, 4) is 0 Å². The summed E-state index contributed by atoms with van der Waals surface area (Å²) < 4.78 is 9.99. The molecule has 0 radical (unpaired) electrons. The average Bonchev–Trinajstić information content (AvgIpc) is 3.13. The Bertz CT molecular complexity index is 874. The zero-order chi connectivity index (χ0) is 23.7. The summed E-state index contributed by atoms with van der Waals surface area (Å²) in [4.78, 5) is 50.2. The quantitative estimate of drug-likeness (QED) is 0.310. The topological polar surface area (TPSA) is 102 Å². The highest BCUT2D eigenvalue weighted by atomic mass is 35.5. The standard InChI is InChI=1S/C22H27ClN2O6S/c1-4-14(2)20(24-21(28)15-6-8-16(23)9-7-15)22(29)31-11-5-10-25-17(26)13-32-18(25)12-19(27)30-3/h6-9,12,14,20H,4-5,10-11,13H2,1-3H3,(H,24,28)/b18-12-/t14-,20-/m0/s1. The summed E-state index contributed by atoms with van der Waals surface area (Å²) in [7, 11) is 1.27. The first-order valence-corrected chi connectivity index (χ1v) is 11.6. The fourth-order valence-electron chi connectivity index (χ4n) is 2.91. The molecule has 1 aromatic rings. The Kier molecular flexibility index (Phi) is 10.1. The summed E-state index contributed by atoms with van der Waals surface area (Å²) >= 11 is 7.11. The van der Waals surface area contributed by atoms with Gasteiger partial charge in [-0.3, -0.25) is 9.59 Å². The molecule has 0 aliphatic carbocycles. The van der Waals surface area contributed by atoms with E-state index in [1.807, 2.05) is 13.8 Å². The van der Waals surface area contributed by atoms with E-state index in [0.29, 0.717) is 35.0 Å². The number of halogens is 1. The predicted octanol–water partition coefficient (Wildman–Crippen LogP) is 3.01. The second-order valence-electron chi connectivity index (χ2n) is 7.20. The van der Waals surface area contributed by atoms with Gasteiger partial charge in [0.05, 0.1) is 30.6 Å². The van der Waals surface area contributed by atoms with Crippen LogP contribution in [0.3, 0.4) is 0 Å². The van der Waals surface area contributed by atoms with Crippen molar-refractivity contribution in [1.29, 1.82) is 0 Å². The van der Waals surface area contributed by atoms with Gasteiger partial charge in [0, 0.05) is 17.1 Å². The number of hydrogen-bond donors (Lipinski definition) is 1. The third-order valence-corrected chi connectivity index (χ3v) is 6.26. The van der Waals surface area contributed by atoms with Gasteiger partial charge in [-0.05, 0) is 36.6 Å². The maximum atomic E-state index is 12.7. The van der Waals surface area contributed by atoms with Crippen LogP contribution in [0.15, 0.2) is 35.4 Å². The van der Waals surface area contributed by atoms with Gasteiger partial charge in [0.2, 0.25) is 5.91 Å². The molecule has 174 valence electrons. The minimum Gasteiger partial charge on any atom is -0.466 e. The average molecular weight is 483 g/mol. The number of ether oxygens (including phenoxy) is 2. The molecule has 1 aliphatic heterocycles. The van der Waals surface area contributed by atoms with Crippen molar-refractivity contribution in [3.63, 3.8) is 0 Å². The van der Waals surface area contributed by atoms with Crippen LogP contribution in [0.25, 0.3) is 0 Å². The number of esters is 2. The molecule has 2 amide bonds. The monoisotopic (exact) mass is 482 g/mol. The van der Waals surface area contributed by atoms with Crippen molar-refractivity contribution >= 4 is 47.1 Å². The summed E-state index contributed by atoms with van der Waals surface area (Å²) in [6.07, 6.45) is 2.32. The van der Waals surface area contributed by atoms with E-state index < -0.39 is 18.0 Å². The van der Waals surface area contributed by atoms with Crippen LogP contribution in [0.1, 0.15) is 37.0 Å². The molecular formula is C22H27ClN2O6S. The molecule has 1 fully saturated rings. The summed E-state index contributed by atoms with van der Waals surface area (Å²) in [5, 5.41) is 3.77. The third-order valence-electron chi connectivity index (χ3n) is 4.98. The summed E-state index contributed by atoms with van der Waals surface area (Å²) in [5.41, 5.74) is 0.394. The van der Waals surface area contributed by atoms with Gasteiger partial charge in [-0.1, -0.05) is 43.6 Å². The van der Waals surface area contributed by atoms with E-state index in [1.54, 1.807) is 24.3 Å². The number of carbonyl (C=O) groups excluding carboxylic acids is 4. The van der Waals surface area contributed by atoms with Crippen LogP contribution >= 0.6 is 23.4 Å². The second-order valence-corrected chi connectivity index (χ2v) is 8.64. The number of benzene rings is 1. The van der Waals surface area contributed by atoms with Gasteiger partial charge in [0.25, 0.3) is 5.91 Å². The van der Waals surface area contributed by atoms with Crippen molar-refractivity contribution in [1.82, 2.24) is 10.2 Å². The van der Waals surface area contributed by atoms with Crippen molar-refractivity contribution in [2.75, 3.05) is 26.0 Å². The molecule has 8 nitrogen and oxygen atoms in total. The lowest BCUT2D eigenvalue weighted by Crippen LogP contribution is -2.46. The molecule has 10 heteroatoms. The van der Waals surface area contributed by atoms with Gasteiger partial charge in [-0.15, -0.1) is 0 Å². The summed E-state index contributed by atoms with van der Waals surface area (Å²) in [6, 6.07) is 5.58. The fourth-order valence-corrected chi connectivity index (χ4v) is 3.99. The predicted molar refractivity (Wildman–Crippen MR) is 122 cm³/mol. The molecule has 1 N–H and O–H groups in total. The fraction of sp³-hybridized carbons (Fsp3) is 0.455. The Morgan fingerprint density at radius 3 is 2.59 bits per heavy atom. The number of hydrogen-bond acceptors (Lipinski definition) is 7. The van der Waals surface area contributed by atoms with E-state index in [0.717, 1.165) is 0 Å². The highest BCUT2D eigenvalue weighted by molar-refractivity contribution is 8.04. The Morgan fingerprint density at radius 1 is 1.28 bits per heavy atom. The van der Waals surface area contributed by atoms with Gasteiger partial charge < -0.3 is 19.7 Å². The highest BCUT2D eigenvalue weighted by Gasteiger charge is 2.29. The maximum absolute atomic E-state index is 12.7. The Labute approximate surface area is 196 Å². The number of nitrogens with one attached hydrogen (secondary N) is 1. The number of amides is 2. The second kappa shape index (κ2) is 12.5. The lowest BCUT2D eigenvalue weighted by molar-refractivity contribution is -0.147. The van der Waals surface area contributed by atoms with Crippen LogP contribution in [0.2, 0.25) is 5.02 Å². The van der Waals surface area contributed by atoms with Crippen LogP contribution in [-0.2, 0) is 23.9 Å². The van der Waals surface area contributed by atoms with E-state index in [2.05, 4.69) is 10.1 Å². The molecular weight excluding hydrogens is 456 g/mol. The Balaban J connectivity index is 1.91. The first-order valence-electron chi connectivity index (χ1n) is 10.2. The molecule has 2 atom stereocenters. The number of carbonyl (C=O) groups is 4. The van der Waals surface area contributed by atoms with E-state index in [9.17, 15) is 19.2 Å². The maximum Gasteiger partial charge on any atom is 0.333 e. The molecule has 1 aromatic carbocycles. The van der Waals surface area contributed by atoms with Gasteiger partial charge >= 0.3 is 11.9 Å². The Hall–Kier alpha value is -2.52. The molecule has 0 aromatic heterocycles. The Morgan fingerprint density at radius 2 is 1.97 bits per heavy atom. The number of thioether (sulfide) groups is 1. The van der Waals surface area contributed by atoms with Crippen LogP contribution in [-0.4, -0.2) is 60.7 Å². The minimum absolute atomic E-state index is 0.0720. The van der Waals surface area contributed by atoms with Crippen molar-refractivity contribution in [3.05, 3.63) is 46.0 Å².